The van der Waals surface area contributed by atoms with Gasteiger partial charge in [0, 0.05) is 13.2 Å². The molecule has 0 spiro atoms. The molecule has 0 radical (unpaired) electrons. The molecule has 0 saturated heterocycles. The molecule has 0 heterocycles. The van der Waals surface area contributed by atoms with Gasteiger partial charge in [0.05, 0.1) is 17.7 Å². The van der Waals surface area contributed by atoms with Gasteiger partial charge in [0.1, 0.15) is 6.61 Å². The van der Waals surface area contributed by atoms with Gasteiger partial charge in [-0.2, -0.15) is 0 Å². The third kappa shape index (κ3) is 6.59. The summed E-state index contributed by atoms with van der Waals surface area (Å²) in [6.45, 7) is 7.22. The van der Waals surface area contributed by atoms with E-state index in [2.05, 4.69) is 21.2 Å². The molecular weight excluding hydrogens is 322 g/mol. The van der Waals surface area contributed by atoms with Crippen LogP contribution in [0, 0.1) is 0 Å². The van der Waals surface area contributed by atoms with Crippen LogP contribution in [0.15, 0.2) is 22.7 Å². The van der Waals surface area contributed by atoms with E-state index in [0.717, 1.165) is 42.1 Å². The average Bonchev–Trinajstić information content (AvgIpc) is 2.42. The van der Waals surface area contributed by atoms with Gasteiger partial charge < -0.3 is 19.5 Å². The van der Waals surface area contributed by atoms with Crippen LogP contribution in [0.25, 0.3) is 0 Å². The van der Waals surface area contributed by atoms with Crippen LogP contribution in [0.4, 0.5) is 0 Å². The molecule has 0 aliphatic carbocycles. The predicted octanol–water partition coefficient (Wildman–Crippen LogP) is 3.24. The molecule has 4 nitrogen and oxygen atoms in total. The highest BCUT2D eigenvalue weighted by molar-refractivity contribution is 9.10. The molecule has 0 fully saturated rings. The Balaban J connectivity index is 2.15. The van der Waals surface area contributed by atoms with E-state index in [0.29, 0.717) is 12.7 Å². The maximum atomic E-state index is 5.74. The van der Waals surface area contributed by atoms with Crippen molar-refractivity contribution in [1.29, 1.82) is 0 Å². The molecule has 20 heavy (non-hydrogen) atoms. The minimum Gasteiger partial charge on any atom is -0.493 e. The number of hydrogen-bond donors (Lipinski definition) is 1. The fraction of sp³-hybridized carbons (Fsp3) is 0.600. The van der Waals surface area contributed by atoms with Gasteiger partial charge in [0.25, 0.3) is 0 Å². The number of halogens is 1. The van der Waals surface area contributed by atoms with Crippen LogP contribution in [0.5, 0.6) is 11.5 Å². The summed E-state index contributed by atoms with van der Waals surface area (Å²) in [6, 6.07) is 5.74. The maximum Gasteiger partial charge on any atom is 0.175 e. The minimum atomic E-state index is 0.307. The van der Waals surface area contributed by atoms with Crippen molar-refractivity contribution in [3.8, 4) is 11.5 Å². The zero-order chi connectivity index (χ0) is 14.8. The molecule has 0 unspecified atom stereocenters. The Hall–Kier alpha value is -0.780. The summed E-state index contributed by atoms with van der Waals surface area (Å²) in [7, 11) is 1.64. The monoisotopic (exact) mass is 345 g/mol. The van der Waals surface area contributed by atoms with Crippen molar-refractivity contribution in [3.63, 3.8) is 0 Å². The minimum absolute atomic E-state index is 0.307. The Morgan fingerprint density at radius 2 is 2.00 bits per heavy atom. The second kappa shape index (κ2) is 10.0. The summed E-state index contributed by atoms with van der Waals surface area (Å²) in [5, 5.41) is 3.33. The zero-order valence-electron chi connectivity index (χ0n) is 12.4. The summed E-state index contributed by atoms with van der Waals surface area (Å²) >= 11 is 3.46. The Morgan fingerprint density at radius 3 is 2.70 bits per heavy atom. The standard InChI is InChI=1S/C15H24BrNO3/c1-12(2)19-10-5-8-17-9-11-20-15-13(16)6-4-7-14(15)18-3/h4,6-7,12,17H,5,8-11H2,1-3H3. The highest BCUT2D eigenvalue weighted by Gasteiger charge is 2.07. The molecule has 1 rings (SSSR count). The van der Waals surface area contributed by atoms with E-state index in [4.69, 9.17) is 14.2 Å². The second-order valence-electron chi connectivity index (χ2n) is 4.64. The number of rotatable bonds is 10. The molecule has 0 aliphatic heterocycles. The normalized spacial score (nSPS) is 10.8. The maximum absolute atomic E-state index is 5.74. The number of hydrogen-bond acceptors (Lipinski definition) is 4. The lowest BCUT2D eigenvalue weighted by Crippen LogP contribution is -2.23. The van der Waals surface area contributed by atoms with Gasteiger partial charge in [0.2, 0.25) is 0 Å². The number of ether oxygens (including phenoxy) is 3. The third-order valence-electron chi connectivity index (χ3n) is 2.63. The highest BCUT2D eigenvalue weighted by atomic mass is 79.9. The lowest BCUT2D eigenvalue weighted by Gasteiger charge is -2.12. The molecule has 5 heteroatoms. The SMILES string of the molecule is COc1cccc(Br)c1OCCNCCCOC(C)C. The van der Waals surface area contributed by atoms with E-state index in [9.17, 15) is 0 Å². The van der Waals surface area contributed by atoms with Crippen LogP contribution in [0.2, 0.25) is 0 Å². The first-order chi connectivity index (χ1) is 9.65. The molecule has 1 aromatic rings. The van der Waals surface area contributed by atoms with Crippen LogP contribution in [-0.2, 0) is 4.74 Å². The summed E-state index contributed by atoms with van der Waals surface area (Å²) in [4.78, 5) is 0. The Morgan fingerprint density at radius 1 is 1.20 bits per heavy atom. The number of nitrogens with one attached hydrogen (secondary N) is 1. The lowest BCUT2D eigenvalue weighted by atomic mass is 10.3. The Labute approximate surface area is 129 Å². The van der Waals surface area contributed by atoms with Gasteiger partial charge >= 0.3 is 0 Å². The molecule has 0 saturated carbocycles. The first kappa shape index (κ1) is 17.3. The molecule has 1 N–H and O–H groups in total. The van der Waals surface area contributed by atoms with E-state index in [1.54, 1.807) is 7.11 Å². The first-order valence-electron chi connectivity index (χ1n) is 6.92. The number of benzene rings is 1. The Bertz CT molecular complexity index is 385. The second-order valence-corrected chi connectivity index (χ2v) is 5.50. The molecule has 0 aromatic heterocycles. The van der Waals surface area contributed by atoms with Crippen LogP contribution < -0.4 is 14.8 Å². The molecule has 0 amide bonds. The molecule has 114 valence electrons. The van der Waals surface area contributed by atoms with Crippen molar-refractivity contribution in [2.75, 3.05) is 33.4 Å². The van der Waals surface area contributed by atoms with Crippen molar-refractivity contribution in [2.24, 2.45) is 0 Å². The van der Waals surface area contributed by atoms with Gasteiger partial charge in [0.15, 0.2) is 11.5 Å². The highest BCUT2D eigenvalue weighted by Crippen LogP contribution is 2.34. The van der Waals surface area contributed by atoms with E-state index in [1.165, 1.54) is 0 Å². The van der Waals surface area contributed by atoms with Crippen molar-refractivity contribution < 1.29 is 14.2 Å². The van der Waals surface area contributed by atoms with Crippen molar-refractivity contribution in [1.82, 2.24) is 5.32 Å². The van der Waals surface area contributed by atoms with E-state index >= 15 is 0 Å². The molecule has 0 aliphatic rings. The van der Waals surface area contributed by atoms with Crippen LogP contribution in [-0.4, -0.2) is 39.5 Å². The van der Waals surface area contributed by atoms with E-state index in [-0.39, 0.29) is 0 Å². The van der Waals surface area contributed by atoms with Crippen molar-refractivity contribution in [2.45, 2.75) is 26.4 Å². The van der Waals surface area contributed by atoms with Crippen LogP contribution in [0.3, 0.4) is 0 Å². The largest absolute Gasteiger partial charge is 0.493 e. The third-order valence-corrected chi connectivity index (χ3v) is 3.25. The molecular formula is C15H24BrNO3. The lowest BCUT2D eigenvalue weighted by molar-refractivity contribution is 0.0769. The van der Waals surface area contributed by atoms with Crippen molar-refractivity contribution in [3.05, 3.63) is 22.7 Å². The fourth-order valence-corrected chi connectivity index (χ4v) is 2.12. The number of methoxy groups -OCH3 is 1. The smallest absolute Gasteiger partial charge is 0.175 e. The number of para-hydroxylation sites is 1. The van der Waals surface area contributed by atoms with E-state index < -0.39 is 0 Å². The summed E-state index contributed by atoms with van der Waals surface area (Å²) < 4.78 is 17.4. The summed E-state index contributed by atoms with van der Waals surface area (Å²) in [5.41, 5.74) is 0. The average molecular weight is 346 g/mol. The predicted molar refractivity (Wildman–Crippen MR) is 84.8 cm³/mol. The van der Waals surface area contributed by atoms with Gasteiger partial charge in [-0.3, -0.25) is 0 Å². The van der Waals surface area contributed by atoms with Crippen molar-refractivity contribution >= 4 is 15.9 Å². The Kier molecular flexibility index (Phi) is 8.65. The van der Waals surface area contributed by atoms with Gasteiger partial charge in [-0.1, -0.05) is 6.07 Å². The van der Waals surface area contributed by atoms with Crippen LogP contribution >= 0.6 is 15.9 Å². The van der Waals surface area contributed by atoms with Crippen LogP contribution in [0.1, 0.15) is 20.3 Å². The first-order valence-corrected chi connectivity index (χ1v) is 7.72. The fourth-order valence-electron chi connectivity index (χ4n) is 1.66. The van der Waals surface area contributed by atoms with Gasteiger partial charge in [-0.15, -0.1) is 0 Å². The van der Waals surface area contributed by atoms with Gasteiger partial charge in [-0.25, -0.2) is 0 Å². The summed E-state index contributed by atoms with van der Waals surface area (Å²) in [5.74, 6) is 1.49. The topological polar surface area (TPSA) is 39.7 Å². The molecule has 0 bridgehead atoms. The zero-order valence-corrected chi connectivity index (χ0v) is 14.0. The quantitative estimate of drug-likeness (QED) is 0.661. The molecule has 0 atom stereocenters. The summed E-state index contributed by atoms with van der Waals surface area (Å²) in [6.07, 6.45) is 1.32. The van der Waals surface area contributed by atoms with E-state index in [1.807, 2.05) is 32.0 Å². The van der Waals surface area contributed by atoms with Gasteiger partial charge in [-0.05, 0) is 54.9 Å². The molecule has 1 aromatic carbocycles.